The van der Waals surface area contributed by atoms with Crippen molar-refractivity contribution < 1.29 is 53.3 Å². The molecule has 0 aliphatic carbocycles. The molecule has 5 amide bonds. The van der Waals surface area contributed by atoms with Crippen LogP contribution < -0.4 is 26.6 Å². The first-order chi connectivity index (χ1) is 28.4. The number of esters is 1. The van der Waals surface area contributed by atoms with Gasteiger partial charge in [-0.25, -0.2) is 0 Å². The van der Waals surface area contributed by atoms with Gasteiger partial charge in [0.1, 0.15) is 24.7 Å². The smallest absolute Gasteiger partial charge is 0.306 e. The Morgan fingerprint density at radius 1 is 0.525 bits per heavy atom. The van der Waals surface area contributed by atoms with Crippen LogP contribution in [0.2, 0.25) is 0 Å². The highest BCUT2D eigenvalue weighted by atomic mass is 16.5. The maximum absolute atomic E-state index is 14.0. The standard InChI is InChI=1S/C43H47N5O11/c49-36(26-30-15-16-31-13-7-8-14-32(31)23-30)47-35(25-29-11-5-2-6-12-29)43(58)48-34(24-28-9-3-1-4-10-28)42(57)45-27-37(50)46-33(17-18-38(51)52)41(56)44-21-22-59-40(55)20-19-39(53)54/h1-16,23,33-35H,17-22,24-27H2,(H,44,56)(H,45,57)(H,46,50)(H,47,49)(H,48,58)(H,51,52)(H,53,54)/t33-,34-,35-/m0/s1. The highest BCUT2D eigenvalue weighted by molar-refractivity contribution is 5.95. The lowest BCUT2D eigenvalue weighted by atomic mass is 10.0. The molecule has 0 saturated carbocycles. The number of fused-ring (bicyclic) bond motifs is 1. The quantitative estimate of drug-likeness (QED) is 0.0421. The van der Waals surface area contributed by atoms with Gasteiger partial charge in [0.15, 0.2) is 0 Å². The molecule has 0 heterocycles. The van der Waals surface area contributed by atoms with E-state index in [1.54, 1.807) is 42.5 Å². The van der Waals surface area contributed by atoms with Gasteiger partial charge in [0.05, 0.1) is 32.4 Å². The summed E-state index contributed by atoms with van der Waals surface area (Å²) in [5.74, 6) is -6.60. The van der Waals surface area contributed by atoms with Gasteiger partial charge < -0.3 is 41.5 Å². The summed E-state index contributed by atoms with van der Waals surface area (Å²) in [5, 5.41) is 32.7. The Balaban J connectivity index is 1.41. The number of amides is 5. The third kappa shape index (κ3) is 16.1. The molecule has 16 heteroatoms. The van der Waals surface area contributed by atoms with E-state index in [1.165, 1.54) is 0 Å². The fraction of sp³-hybridized carbons (Fsp3) is 0.302. The minimum atomic E-state index is -1.34. The van der Waals surface area contributed by atoms with E-state index in [2.05, 4.69) is 26.6 Å². The van der Waals surface area contributed by atoms with Crippen LogP contribution in [-0.4, -0.2) is 95.5 Å². The zero-order valence-corrected chi connectivity index (χ0v) is 32.2. The molecule has 0 fully saturated rings. The molecule has 3 atom stereocenters. The van der Waals surface area contributed by atoms with Crippen LogP contribution >= 0.6 is 0 Å². The van der Waals surface area contributed by atoms with E-state index in [4.69, 9.17) is 9.84 Å². The number of ether oxygens (including phenoxy) is 1. The number of benzene rings is 4. The number of hydrogen-bond acceptors (Lipinski definition) is 9. The lowest BCUT2D eigenvalue weighted by Gasteiger charge is -2.24. The molecular formula is C43H47N5O11. The molecule has 0 aromatic heterocycles. The molecular weight excluding hydrogens is 762 g/mol. The van der Waals surface area contributed by atoms with Gasteiger partial charge in [-0.15, -0.1) is 0 Å². The fourth-order valence-corrected chi connectivity index (χ4v) is 5.99. The number of aliphatic carboxylic acids is 2. The lowest BCUT2D eigenvalue weighted by molar-refractivity contribution is -0.147. The maximum atomic E-state index is 14.0. The summed E-state index contributed by atoms with van der Waals surface area (Å²) in [6, 6.07) is 27.7. The lowest BCUT2D eigenvalue weighted by Crippen LogP contribution is -2.56. The zero-order chi connectivity index (χ0) is 42.6. The van der Waals surface area contributed by atoms with Gasteiger partial charge in [-0.1, -0.05) is 103 Å². The first kappa shape index (κ1) is 44.6. The third-order valence-corrected chi connectivity index (χ3v) is 8.96. The summed E-state index contributed by atoms with van der Waals surface area (Å²) < 4.78 is 4.86. The van der Waals surface area contributed by atoms with Crippen LogP contribution in [0.25, 0.3) is 10.8 Å². The number of carboxylic acid groups (broad SMARTS) is 2. The third-order valence-electron chi connectivity index (χ3n) is 8.96. The van der Waals surface area contributed by atoms with Gasteiger partial charge in [-0.3, -0.25) is 38.4 Å². The fourth-order valence-electron chi connectivity index (χ4n) is 5.99. The van der Waals surface area contributed by atoms with Gasteiger partial charge in [-0.05, 0) is 33.9 Å². The largest absolute Gasteiger partial charge is 0.481 e. The molecule has 59 heavy (non-hydrogen) atoms. The predicted molar refractivity (Wildman–Crippen MR) is 214 cm³/mol. The molecule has 0 aliphatic heterocycles. The van der Waals surface area contributed by atoms with Crippen molar-refractivity contribution in [2.75, 3.05) is 19.7 Å². The van der Waals surface area contributed by atoms with Crippen LogP contribution in [0.15, 0.2) is 103 Å². The molecule has 4 aromatic rings. The normalized spacial score (nSPS) is 12.2. The molecule has 4 rings (SSSR count). The molecule has 0 bridgehead atoms. The molecule has 0 aliphatic rings. The van der Waals surface area contributed by atoms with Gasteiger partial charge in [0, 0.05) is 19.3 Å². The SMILES string of the molecule is O=C(O)CCC(=O)OCCNC(=O)[C@H](CCC(=O)O)NC(=O)CNC(=O)[C@H](Cc1ccccc1)NC(=O)[C@H](Cc1ccccc1)NC(=O)Cc1ccc2ccccc2c1. The first-order valence-electron chi connectivity index (χ1n) is 19.0. The van der Waals surface area contributed by atoms with Crippen molar-refractivity contribution in [1.29, 1.82) is 0 Å². The van der Waals surface area contributed by atoms with Gasteiger partial charge in [-0.2, -0.15) is 0 Å². The van der Waals surface area contributed by atoms with Crippen LogP contribution in [0.5, 0.6) is 0 Å². The summed E-state index contributed by atoms with van der Waals surface area (Å²) in [7, 11) is 0. The number of hydrogen-bond donors (Lipinski definition) is 7. The van der Waals surface area contributed by atoms with Crippen LogP contribution in [0, 0.1) is 0 Å². The van der Waals surface area contributed by atoms with E-state index >= 15 is 0 Å². The van der Waals surface area contributed by atoms with Crippen LogP contribution in [0.4, 0.5) is 0 Å². The Labute approximate surface area is 340 Å². The maximum Gasteiger partial charge on any atom is 0.306 e. The average Bonchev–Trinajstić information content (AvgIpc) is 3.22. The van der Waals surface area contributed by atoms with Crippen molar-refractivity contribution in [2.45, 2.75) is 63.1 Å². The topological polar surface area (TPSA) is 246 Å². The summed E-state index contributed by atoms with van der Waals surface area (Å²) in [5.41, 5.74) is 2.20. The van der Waals surface area contributed by atoms with Gasteiger partial charge in [0.25, 0.3) is 0 Å². The Morgan fingerprint density at radius 2 is 1.08 bits per heavy atom. The van der Waals surface area contributed by atoms with Crippen molar-refractivity contribution in [3.8, 4) is 0 Å². The van der Waals surface area contributed by atoms with Crippen molar-refractivity contribution in [2.24, 2.45) is 0 Å². The van der Waals surface area contributed by atoms with Gasteiger partial charge in [0.2, 0.25) is 29.5 Å². The van der Waals surface area contributed by atoms with Crippen molar-refractivity contribution >= 4 is 58.2 Å². The Kier molecular flexibility index (Phi) is 17.5. The van der Waals surface area contributed by atoms with E-state index < -0.39 is 85.0 Å². The number of carboxylic acids is 2. The second-order valence-corrected chi connectivity index (χ2v) is 13.6. The zero-order valence-electron chi connectivity index (χ0n) is 32.2. The number of carbonyl (C=O) groups excluding carboxylic acids is 6. The molecule has 0 radical (unpaired) electrons. The van der Waals surface area contributed by atoms with Crippen molar-refractivity contribution in [1.82, 2.24) is 26.6 Å². The second kappa shape index (κ2) is 23.2. The minimum Gasteiger partial charge on any atom is -0.481 e. The minimum absolute atomic E-state index is 0.0000220. The van der Waals surface area contributed by atoms with E-state index in [9.17, 15) is 43.5 Å². The van der Waals surface area contributed by atoms with E-state index in [1.807, 2.05) is 60.7 Å². The second-order valence-electron chi connectivity index (χ2n) is 13.6. The highest BCUT2D eigenvalue weighted by Crippen LogP contribution is 2.16. The monoisotopic (exact) mass is 809 g/mol. The molecule has 310 valence electrons. The number of nitrogens with one attached hydrogen (secondary N) is 5. The van der Waals surface area contributed by atoms with Crippen LogP contribution in [0.3, 0.4) is 0 Å². The van der Waals surface area contributed by atoms with E-state index in [-0.39, 0.29) is 45.3 Å². The van der Waals surface area contributed by atoms with Crippen LogP contribution in [0.1, 0.15) is 42.4 Å². The van der Waals surface area contributed by atoms with Crippen molar-refractivity contribution in [3.63, 3.8) is 0 Å². The molecule has 7 N–H and O–H groups in total. The highest BCUT2D eigenvalue weighted by Gasteiger charge is 2.29. The Bertz CT molecular complexity index is 2100. The summed E-state index contributed by atoms with van der Waals surface area (Å²) >= 11 is 0. The molecule has 0 spiro atoms. The Morgan fingerprint density at radius 3 is 1.71 bits per heavy atom. The summed E-state index contributed by atoms with van der Waals surface area (Å²) in [6.07, 6.45) is -1.44. The number of carbonyl (C=O) groups is 8. The first-order valence-corrected chi connectivity index (χ1v) is 19.0. The van der Waals surface area contributed by atoms with E-state index in [0.717, 1.165) is 21.9 Å². The number of rotatable bonds is 23. The van der Waals surface area contributed by atoms with Gasteiger partial charge >= 0.3 is 17.9 Å². The predicted octanol–water partition coefficient (Wildman–Crippen LogP) is 1.83. The van der Waals surface area contributed by atoms with E-state index in [0.29, 0.717) is 5.56 Å². The molecule has 0 unspecified atom stereocenters. The molecule has 16 nitrogen and oxygen atoms in total. The van der Waals surface area contributed by atoms with Crippen molar-refractivity contribution in [3.05, 3.63) is 120 Å². The summed E-state index contributed by atoms with van der Waals surface area (Å²) in [4.78, 5) is 100. The Hall–Kier alpha value is -7.10. The average molecular weight is 810 g/mol. The van der Waals surface area contributed by atoms with Crippen LogP contribution in [-0.2, 0) is 62.4 Å². The summed E-state index contributed by atoms with van der Waals surface area (Å²) in [6.45, 7) is -1.15. The molecule has 0 saturated heterocycles. The molecule has 4 aromatic carbocycles.